The molecule has 1 aromatic heterocycles. The van der Waals surface area contributed by atoms with Crippen LogP contribution in [0.5, 0.6) is 0 Å². The summed E-state index contributed by atoms with van der Waals surface area (Å²) >= 11 is 0. The number of fused-ring (bicyclic) bond motifs is 1. The summed E-state index contributed by atoms with van der Waals surface area (Å²) in [7, 11) is 1.81. The average molecular weight is 255 g/mol. The molecule has 1 unspecified atom stereocenters. The van der Waals surface area contributed by atoms with Gasteiger partial charge in [-0.1, -0.05) is 18.2 Å². The Morgan fingerprint density at radius 1 is 1.37 bits per heavy atom. The van der Waals surface area contributed by atoms with E-state index in [-0.39, 0.29) is 11.9 Å². The van der Waals surface area contributed by atoms with Gasteiger partial charge >= 0.3 is 0 Å². The maximum atomic E-state index is 12.7. The predicted molar refractivity (Wildman–Crippen MR) is 74.4 cm³/mol. The van der Waals surface area contributed by atoms with Gasteiger partial charge in [-0.05, 0) is 38.0 Å². The Balaban J connectivity index is 2.03. The number of hydrogen-bond acceptors (Lipinski definition) is 2. The third kappa shape index (κ3) is 1.84. The third-order valence-electron chi connectivity index (χ3n) is 3.65. The molecule has 1 aliphatic rings. The molecule has 1 aromatic carbocycles. The van der Waals surface area contributed by atoms with E-state index in [0.717, 1.165) is 17.8 Å². The highest BCUT2D eigenvalue weighted by Gasteiger charge is 2.32. The van der Waals surface area contributed by atoms with Gasteiger partial charge in [-0.15, -0.1) is 0 Å². The first-order valence-electron chi connectivity index (χ1n) is 6.50. The van der Waals surface area contributed by atoms with Gasteiger partial charge in [-0.2, -0.15) is 5.10 Å². The Morgan fingerprint density at radius 2 is 2.11 bits per heavy atom. The fourth-order valence-corrected chi connectivity index (χ4v) is 2.81. The minimum absolute atomic E-state index is 0.0283. The number of benzene rings is 1. The molecule has 0 bridgehead atoms. The molecule has 1 amide bonds. The molecule has 19 heavy (non-hydrogen) atoms. The molecule has 2 heterocycles. The van der Waals surface area contributed by atoms with Crippen LogP contribution in [0.3, 0.4) is 0 Å². The third-order valence-corrected chi connectivity index (χ3v) is 3.65. The molecule has 0 radical (unpaired) electrons. The van der Waals surface area contributed by atoms with E-state index in [4.69, 9.17) is 0 Å². The zero-order chi connectivity index (χ0) is 13.6. The smallest absolute Gasteiger partial charge is 0.276 e. The van der Waals surface area contributed by atoms with E-state index in [9.17, 15) is 4.79 Å². The number of anilines is 1. The number of carbonyl (C=O) groups is 1. The summed E-state index contributed by atoms with van der Waals surface area (Å²) in [4.78, 5) is 14.6. The number of rotatable bonds is 1. The lowest BCUT2D eigenvalue weighted by molar-refractivity contribution is 0.0972. The molecule has 0 spiro atoms. The molecule has 2 aromatic rings. The van der Waals surface area contributed by atoms with Crippen molar-refractivity contribution in [2.45, 2.75) is 26.3 Å². The summed E-state index contributed by atoms with van der Waals surface area (Å²) in [5, 5.41) is 4.25. The second-order valence-corrected chi connectivity index (χ2v) is 5.15. The van der Waals surface area contributed by atoms with Crippen molar-refractivity contribution in [2.24, 2.45) is 7.05 Å². The van der Waals surface area contributed by atoms with Crippen molar-refractivity contribution in [1.29, 1.82) is 0 Å². The van der Waals surface area contributed by atoms with Crippen LogP contribution in [0.25, 0.3) is 0 Å². The highest BCUT2D eigenvalue weighted by Crippen LogP contribution is 2.32. The van der Waals surface area contributed by atoms with Gasteiger partial charge in [-0.3, -0.25) is 9.48 Å². The molecule has 3 rings (SSSR count). The summed E-state index contributed by atoms with van der Waals surface area (Å²) in [6.45, 7) is 3.99. The van der Waals surface area contributed by atoms with Crippen molar-refractivity contribution in [3.05, 3.63) is 47.3 Å². The lowest BCUT2D eigenvalue weighted by Gasteiger charge is -2.22. The first-order valence-corrected chi connectivity index (χ1v) is 6.50. The van der Waals surface area contributed by atoms with E-state index in [2.05, 4.69) is 18.1 Å². The van der Waals surface area contributed by atoms with Gasteiger partial charge in [0.1, 0.15) is 5.69 Å². The zero-order valence-electron chi connectivity index (χ0n) is 11.4. The van der Waals surface area contributed by atoms with Gasteiger partial charge in [0.2, 0.25) is 0 Å². The summed E-state index contributed by atoms with van der Waals surface area (Å²) in [5.41, 5.74) is 3.77. The van der Waals surface area contributed by atoms with Gasteiger partial charge in [-0.25, -0.2) is 0 Å². The van der Waals surface area contributed by atoms with E-state index in [0.29, 0.717) is 5.69 Å². The second-order valence-electron chi connectivity index (χ2n) is 5.15. The first-order chi connectivity index (χ1) is 9.08. The van der Waals surface area contributed by atoms with Crippen molar-refractivity contribution in [3.63, 3.8) is 0 Å². The molecule has 1 atom stereocenters. The van der Waals surface area contributed by atoms with E-state index < -0.39 is 0 Å². The van der Waals surface area contributed by atoms with Gasteiger partial charge < -0.3 is 4.90 Å². The quantitative estimate of drug-likeness (QED) is 0.784. The topological polar surface area (TPSA) is 38.1 Å². The van der Waals surface area contributed by atoms with Crippen molar-refractivity contribution < 1.29 is 4.79 Å². The molecule has 1 aliphatic heterocycles. The lowest BCUT2D eigenvalue weighted by atomic mass is 10.1. The van der Waals surface area contributed by atoms with Gasteiger partial charge in [0.25, 0.3) is 5.91 Å². The van der Waals surface area contributed by atoms with Gasteiger partial charge in [0.05, 0.1) is 5.69 Å². The summed E-state index contributed by atoms with van der Waals surface area (Å²) < 4.78 is 1.66. The van der Waals surface area contributed by atoms with E-state index in [1.54, 1.807) is 4.68 Å². The Morgan fingerprint density at radius 3 is 2.79 bits per heavy atom. The number of amides is 1. The monoisotopic (exact) mass is 255 g/mol. The fraction of sp³-hybridized carbons (Fsp3) is 0.333. The van der Waals surface area contributed by atoms with Crippen LogP contribution in [0.1, 0.15) is 28.7 Å². The number of para-hydroxylation sites is 1. The molecule has 98 valence electrons. The Hall–Kier alpha value is -2.10. The van der Waals surface area contributed by atoms with Crippen LogP contribution < -0.4 is 4.90 Å². The first kappa shape index (κ1) is 12.0. The Bertz CT molecular complexity index is 645. The van der Waals surface area contributed by atoms with Crippen LogP contribution in [-0.4, -0.2) is 21.7 Å². The minimum atomic E-state index is 0.0283. The Labute approximate surface area is 112 Å². The van der Waals surface area contributed by atoms with Crippen LogP contribution in [0.15, 0.2) is 30.3 Å². The molecule has 0 saturated heterocycles. The molecular formula is C15H17N3O. The SMILES string of the molecule is Cc1cc(C(=O)N2c3ccccc3CC2C)n(C)n1. The summed E-state index contributed by atoms with van der Waals surface area (Å²) in [6.07, 6.45) is 0.915. The van der Waals surface area contributed by atoms with Crippen molar-refractivity contribution in [3.8, 4) is 0 Å². The molecule has 4 nitrogen and oxygen atoms in total. The Kier molecular flexibility index (Phi) is 2.66. The number of aryl methyl sites for hydroxylation is 2. The second kappa shape index (κ2) is 4.23. The normalized spacial score (nSPS) is 17.6. The maximum absolute atomic E-state index is 12.7. The zero-order valence-corrected chi connectivity index (χ0v) is 11.4. The van der Waals surface area contributed by atoms with Crippen LogP contribution in [0.4, 0.5) is 5.69 Å². The average Bonchev–Trinajstić information content (AvgIpc) is 2.87. The summed E-state index contributed by atoms with van der Waals surface area (Å²) in [5.74, 6) is 0.0283. The predicted octanol–water partition coefficient (Wildman–Crippen LogP) is 2.32. The van der Waals surface area contributed by atoms with E-state index in [1.807, 2.05) is 43.1 Å². The standard InChI is InChI=1S/C15H17N3O/c1-10-8-14(17(3)16-10)15(19)18-11(2)9-12-6-4-5-7-13(12)18/h4-8,11H,9H2,1-3H3. The molecular weight excluding hydrogens is 238 g/mol. The number of hydrogen-bond donors (Lipinski definition) is 0. The molecule has 0 N–H and O–H groups in total. The number of carbonyl (C=O) groups excluding carboxylic acids is 1. The highest BCUT2D eigenvalue weighted by molar-refractivity contribution is 6.06. The van der Waals surface area contributed by atoms with Gasteiger partial charge in [0.15, 0.2) is 0 Å². The highest BCUT2D eigenvalue weighted by atomic mass is 16.2. The molecule has 0 aliphatic carbocycles. The molecule has 4 heteroatoms. The van der Waals surface area contributed by atoms with Crippen LogP contribution in [0.2, 0.25) is 0 Å². The molecule has 0 saturated carbocycles. The van der Waals surface area contributed by atoms with Crippen LogP contribution in [0, 0.1) is 6.92 Å². The van der Waals surface area contributed by atoms with E-state index in [1.165, 1.54) is 5.56 Å². The summed E-state index contributed by atoms with van der Waals surface area (Å²) in [6, 6.07) is 10.1. The van der Waals surface area contributed by atoms with Crippen molar-refractivity contribution in [2.75, 3.05) is 4.90 Å². The van der Waals surface area contributed by atoms with Crippen LogP contribution >= 0.6 is 0 Å². The maximum Gasteiger partial charge on any atom is 0.276 e. The van der Waals surface area contributed by atoms with Gasteiger partial charge in [0, 0.05) is 18.8 Å². The van der Waals surface area contributed by atoms with E-state index >= 15 is 0 Å². The molecule has 0 fully saturated rings. The largest absolute Gasteiger partial charge is 0.304 e. The number of aromatic nitrogens is 2. The van der Waals surface area contributed by atoms with Crippen LogP contribution in [-0.2, 0) is 13.5 Å². The fourth-order valence-electron chi connectivity index (χ4n) is 2.81. The van der Waals surface area contributed by atoms with Crippen molar-refractivity contribution in [1.82, 2.24) is 9.78 Å². The van der Waals surface area contributed by atoms with Crippen molar-refractivity contribution >= 4 is 11.6 Å². The number of nitrogens with zero attached hydrogens (tertiary/aromatic N) is 3. The lowest BCUT2D eigenvalue weighted by Crippen LogP contribution is -2.36. The minimum Gasteiger partial charge on any atom is -0.304 e.